The molecule has 3 aromatic rings. The summed E-state index contributed by atoms with van der Waals surface area (Å²) >= 11 is 0. The maximum Gasteiger partial charge on any atom is 0.335 e. The van der Waals surface area contributed by atoms with Crippen molar-refractivity contribution in [3.05, 3.63) is 84.2 Å². The number of urea groups is 1. The minimum absolute atomic E-state index is 0.110. The number of ether oxygens (including phenoxy) is 1. The van der Waals surface area contributed by atoms with Crippen molar-refractivity contribution in [3.63, 3.8) is 0 Å². The number of amides is 4. The zero-order chi connectivity index (χ0) is 20.4. The number of anilines is 1. The summed E-state index contributed by atoms with van der Waals surface area (Å²) < 4.78 is 7.02. The highest BCUT2D eigenvalue weighted by molar-refractivity contribution is 6.39. The third kappa shape index (κ3) is 3.53. The summed E-state index contributed by atoms with van der Waals surface area (Å²) in [6.07, 6.45) is 5.08. The normalized spacial score (nSPS) is 15.6. The maximum atomic E-state index is 12.9. The molecule has 4 rings (SSSR count). The predicted octanol–water partition coefficient (Wildman–Crippen LogP) is 3.15. The van der Waals surface area contributed by atoms with Crippen LogP contribution in [0.15, 0.2) is 78.6 Å². The van der Waals surface area contributed by atoms with E-state index in [0.717, 1.165) is 16.3 Å². The Morgan fingerprint density at radius 2 is 1.62 bits per heavy atom. The van der Waals surface area contributed by atoms with Crippen LogP contribution in [0.4, 0.5) is 10.5 Å². The summed E-state index contributed by atoms with van der Waals surface area (Å²) in [5.41, 5.74) is 1.84. The third-order valence-corrected chi connectivity index (χ3v) is 4.51. The van der Waals surface area contributed by atoms with E-state index in [2.05, 4.69) is 5.32 Å². The number of nitrogens with zero attached hydrogens (tertiary/aromatic N) is 2. The molecule has 0 aliphatic carbocycles. The molecule has 1 aliphatic heterocycles. The molecule has 144 valence electrons. The van der Waals surface area contributed by atoms with Crippen LogP contribution >= 0.6 is 0 Å². The van der Waals surface area contributed by atoms with Crippen molar-refractivity contribution in [2.75, 3.05) is 12.0 Å². The highest BCUT2D eigenvalue weighted by Gasteiger charge is 2.36. The number of carbonyl (C=O) groups is 3. The number of para-hydroxylation sites is 1. The van der Waals surface area contributed by atoms with E-state index in [9.17, 15) is 14.4 Å². The molecule has 0 atom stereocenters. The lowest BCUT2D eigenvalue weighted by Crippen LogP contribution is -2.54. The molecule has 1 aliphatic rings. The van der Waals surface area contributed by atoms with Gasteiger partial charge in [0.15, 0.2) is 0 Å². The van der Waals surface area contributed by atoms with E-state index in [4.69, 9.17) is 4.74 Å². The fourth-order valence-corrected chi connectivity index (χ4v) is 3.05. The molecule has 1 N–H and O–H groups in total. The topological polar surface area (TPSA) is 80.6 Å². The molecule has 0 bridgehead atoms. The molecule has 7 nitrogen and oxygen atoms in total. The molecule has 1 fully saturated rings. The van der Waals surface area contributed by atoms with Gasteiger partial charge in [0.1, 0.15) is 11.3 Å². The maximum absolute atomic E-state index is 12.9. The average Bonchev–Trinajstić information content (AvgIpc) is 3.20. The Bertz CT molecular complexity index is 1110. The Hall–Kier alpha value is -4.13. The molecule has 4 amide bonds. The standard InChI is InChI=1S/C22H17N3O4/c1-29-18-9-7-16(8-10-18)24-12-11-15(14-24)13-19-20(26)23-22(28)25(21(19)27)17-5-3-2-4-6-17/h2-14H,1H3,(H,23,26,28)/b19-13-. The zero-order valence-electron chi connectivity index (χ0n) is 15.5. The van der Waals surface area contributed by atoms with Crippen LogP contribution in [0.2, 0.25) is 0 Å². The van der Waals surface area contributed by atoms with Gasteiger partial charge in [0.05, 0.1) is 12.8 Å². The summed E-state index contributed by atoms with van der Waals surface area (Å²) in [6, 6.07) is 16.9. The average molecular weight is 387 g/mol. The summed E-state index contributed by atoms with van der Waals surface area (Å²) in [5.74, 6) is -0.634. The van der Waals surface area contributed by atoms with E-state index in [-0.39, 0.29) is 5.57 Å². The van der Waals surface area contributed by atoms with Gasteiger partial charge in [-0.25, -0.2) is 9.69 Å². The number of hydrogen-bond acceptors (Lipinski definition) is 4. The van der Waals surface area contributed by atoms with Gasteiger partial charge in [-0.3, -0.25) is 14.9 Å². The molecular weight excluding hydrogens is 370 g/mol. The molecule has 2 aromatic carbocycles. The van der Waals surface area contributed by atoms with Crippen LogP contribution in [0.5, 0.6) is 5.75 Å². The van der Waals surface area contributed by atoms with Gasteiger partial charge in [-0.15, -0.1) is 0 Å². The van der Waals surface area contributed by atoms with E-state index < -0.39 is 17.8 Å². The lowest BCUT2D eigenvalue weighted by molar-refractivity contribution is -0.122. The Morgan fingerprint density at radius 3 is 2.31 bits per heavy atom. The number of barbiturate groups is 1. The minimum atomic E-state index is -0.765. The van der Waals surface area contributed by atoms with Crippen molar-refractivity contribution in [2.45, 2.75) is 0 Å². The van der Waals surface area contributed by atoms with E-state index in [1.165, 1.54) is 6.08 Å². The van der Waals surface area contributed by atoms with Gasteiger partial charge >= 0.3 is 6.03 Å². The number of hydrogen-bond donors (Lipinski definition) is 1. The van der Waals surface area contributed by atoms with Gasteiger partial charge in [-0.05, 0) is 54.1 Å². The van der Waals surface area contributed by atoms with Crippen molar-refractivity contribution in [2.24, 2.45) is 0 Å². The number of imide groups is 2. The second-order valence-corrected chi connectivity index (χ2v) is 6.34. The second kappa shape index (κ2) is 7.47. The van der Waals surface area contributed by atoms with E-state index in [1.54, 1.807) is 49.7 Å². The molecule has 1 saturated heterocycles. The highest BCUT2D eigenvalue weighted by Crippen LogP contribution is 2.22. The van der Waals surface area contributed by atoms with E-state index in [0.29, 0.717) is 11.3 Å². The van der Waals surface area contributed by atoms with Gasteiger partial charge in [0.25, 0.3) is 11.8 Å². The van der Waals surface area contributed by atoms with Crippen molar-refractivity contribution in [3.8, 4) is 11.4 Å². The van der Waals surface area contributed by atoms with Crippen molar-refractivity contribution in [1.29, 1.82) is 0 Å². The molecule has 0 saturated carbocycles. The van der Waals surface area contributed by atoms with Crippen molar-refractivity contribution < 1.29 is 19.1 Å². The number of rotatable bonds is 4. The number of aromatic nitrogens is 1. The largest absolute Gasteiger partial charge is 0.497 e. The van der Waals surface area contributed by atoms with Gasteiger partial charge < -0.3 is 9.30 Å². The SMILES string of the molecule is COc1ccc(-n2ccc(/C=C3/C(=O)NC(=O)N(c4ccccc4)C3=O)c2)cc1. The second-order valence-electron chi connectivity index (χ2n) is 6.34. The highest BCUT2D eigenvalue weighted by atomic mass is 16.5. The lowest BCUT2D eigenvalue weighted by atomic mass is 10.1. The minimum Gasteiger partial charge on any atom is -0.497 e. The quantitative estimate of drug-likeness (QED) is 0.551. The lowest BCUT2D eigenvalue weighted by Gasteiger charge is -2.26. The number of carbonyl (C=O) groups excluding carboxylic acids is 3. The number of methoxy groups -OCH3 is 1. The van der Waals surface area contributed by atoms with Crippen LogP contribution in [0, 0.1) is 0 Å². The monoisotopic (exact) mass is 387 g/mol. The summed E-state index contributed by atoms with van der Waals surface area (Å²) in [7, 11) is 1.60. The van der Waals surface area contributed by atoms with Crippen molar-refractivity contribution in [1.82, 2.24) is 9.88 Å². The summed E-state index contributed by atoms with van der Waals surface area (Å²) in [6.45, 7) is 0. The zero-order valence-corrected chi connectivity index (χ0v) is 15.5. The molecule has 0 radical (unpaired) electrons. The fraction of sp³-hybridized carbons (Fsp3) is 0.0455. The smallest absolute Gasteiger partial charge is 0.335 e. The molecule has 0 spiro atoms. The molecular formula is C22H17N3O4. The molecule has 2 heterocycles. The van der Waals surface area contributed by atoms with Crippen LogP contribution in [0.25, 0.3) is 11.8 Å². The van der Waals surface area contributed by atoms with Crippen LogP contribution < -0.4 is 15.0 Å². The first-order valence-electron chi connectivity index (χ1n) is 8.86. The fourth-order valence-electron chi connectivity index (χ4n) is 3.05. The molecule has 29 heavy (non-hydrogen) atoms. The predicted molar refractivity (Wildman–Crippen MR) is 108 cm³/mol. The Morgan fingerprint density at radius 1 is 0.897 bits per heavy atom. The van der Waals surface area contributed by atoms with Gasteiger partial charge in [-0.2, -0.15) is 0 Å². The van der Waals surface area contributed by atoms with Gasteiger partial charge in [0, 0.05) is 18.1 Å². The number of benzene rings is 2. The Labute approximate surface area is 166 Å². The third-order valence-electron chi connectivity index (χ3n) is 4.51. The Kier molecular flexibility index (Phi) is 4.70. The first kappa shape index (κ1) is 18.2. The van der Waals surface area contributed by atoms with E-state index >= 15 is 0 Å². The van der Waals surface area contributed by atoms with Crippen LogP contribution in [-0.2, 0) is 9.59 Å². The first-order chi connectivity index (χ1) is 14.1. The van der Waals surface area contributed by atoms with Crippen LogP contribution in [-0.4, -0.2) is 29.5 Å². The molecule has 0 unspecified atom stereocenters. The van der Waals surface area contributed by atoms with Gasteiger partial charge in [-0.1, -0.05) is 18.2 Å². The van der Waals surface area contributed by atoms with Crippen LogP contribution in [0.3, 0.4) is 0 Å². The van der Waals surface area contributed by atoms with Crippen LogP contribution in [0.1, 0.15) is 5.56 Å². The Balaban J connectivity index is 1.64. The molecule has 7 heteroatoms. The first-order valence-corrected chi connectivity index (χ1v) is 8.86. The summed E-state index contributed by atoms with van der Waals surface area (Å²) in [5, 5.41) is 2.22. The van der Waals surface area contributed by atoms with Crippen molar-refractivity contribution >= 4 is 29.6 Å². The molecule has 1 aromatic heterocycles. The number of nitrogens with one attached hydrogen (secondary N) is 1. The van der Waals surface area contributed by atoms with E-state index in [1.807, 2.05) is 35.0 Å². The summed E-state index contributed by atoms with van der Waals surface area (Å²) in [4.78, 5) is 38.3. The van der Waals surface area contributed by atoms with Gasteiger partial charge in [0.2, 0.25) is 0 Å².